The molecule has 66 heavy (non-hydrogen) atoms. The number of benzene rings is 4. The molecule has 0 saturated carbocycles. The van der Waals surface area contributed by atoms with Gasteiger partial charge in [0.05, 0.1) is 39.0 Å². The van der Waals surface area contributed by atoms with Crippen LogP contribution in [0.15, 0.2) is 112 Å². The second-order valence-electron chi connectivity index (χ2n) is 15.3. The number of aromatic nitrogens is 4. The topological polar surface area (TPSA) is 237 Å². The van der Waals surface area contributed by atoms with Crippen molar-refractivity contribution < 1.29 is 30.0 Å². The fourth-order valence-corrected chi connectivity index (χ4v) is 9.77. The van der Waals surface area contributed by atoms with E-state index in [4.69, 9.17) is 22.1 Å². The molecular weight excluding hydrogens is 1060 g/mol. The van der Waals surface area contributed by atoms with E-state index < -0.39 is 29.5 Å². The third-order valence-corrected chi connectivity index (χ3v) is 13.4. The Labute approximate surface area is 408 Å². The summed E-state index contributed by atoms with van der Waals surface area (Å²) in [6.07, 6.45) is 9.00. The summed E-state index contributed by atoms with van der Waals surface area (Å²) in [5, 5.41) is 13.0. The largest absolute Gasteiger partial charge is 0.495 e. The zero-order valence-corrected chi connectivity index (χ0v) is 42.8. The minimum atomic E-state index is -3.18. The maximum atomic E-state index is 11.8. The molecule has 2 aromatic heterocycles. The van der Waals surface area contributed by atoms with Crippen LogP contribution in [0.25, 0.3) is 0 Å². The zero-order valence-electron chi connectivity index (χ0n) is 36.4. The van der Waals surface area contributed by atoms with Crippen molar-refractivity contribution >= 4 is 113 Å². The molecule has 3 heterocycles. The molecule has 0 unspecified atom stereocenters. The van der Waals surface area contributed by atoms with Gasteiger partial charge in [0.25, 0.3) is 0 Å². The fraction of sp³-hybridized carbons (Fsp3) is 0.273. The quantitative estimate of drug-likeness (QED) is 0.0506. The number of nitrogens with two attached hydrogens (primary N) is 1. The van der Waals surface area contributed by atoms with E-state index in [-0.39, 0.29) is 22.5 Å². The summed E-state index contributed by atoms with van der Waals surface area (Å²) in [4.78, 5) is 16.9. The van der Waals surface area contributed by atoms with Crippen LogP contribution in [-0.4, -0.2) is 84.2 Å². The Morgan fingerprint density at radius 1 is 0.667 bits per heavy atom. The molecule has 0 bridgehead atoms. The van der Waals surface area contributed by atoms with E-state index in [9.17, 15) is 25.3 Å². The van der Waals surface area contributed by atoms with E-state index in [1.54, 1.807) is 61.8 Å². The van der Waals surface area contributed by atoms with Crippen LogP contribution in [0.5, 0.6) is 5.75 Å². The summed E-state index contributed by atoms with van der Waals surface area (Å²) in [6.45, 7) is 2.06. The van der Waals surface area contributed by atoms with E-state index in [0.717, 1.165) is 37.4 Å². The minimum Gasteiger partial charge on any atom is -0.495 e. The standard InChI is InChI=1S/C24H28BrN5O3S.C12H11BrClN3O2S.C8H11NO2S/c1-33-22-13-17(16-9-11-26-12-10-16)7-8-21(22)29-24-27-14-19(25)23(30-24)28-20-6-4-3-5-18(20)15-34(2,31)32;1-20(18,19)7-8-4-2-3-5-10(8)16-11-9(13)6-15-12(14)17-11;1-12(10,11)6-7-4-2-3-5-8(7)9/h3-8,13-14,16,26H,9-12,15H2,1-2H3,(H2,27,28,29,30);2-6H,7H2,1H3,(H,15,16,17);2-5H,6,9H2,1H3. The molecule has 0 aliphatic carbocycles. The fourth-order valence-electron chi connectivity index (χ4n) is 6.59. The number of methoxy groups -OCH3 is 1. The highest BCUT2D eigenvalue weighted by molar-refractivity contribution is 9.11. The van der Waals surface area contributed by atoms with Crippen LogP contribution >= 0.6 is 43.5 Å². The zero-order chi connectivity index (χ0) is 48.1. The molecule has 1 aliphatic heterocycles. The molecule has 0 atom stereocenters. The number of ether oxygens (including phenoxy) is 1. The van der Waals surface area contributed by atoms with Gasteiger partial charge in [0.1, 0.15) is 17.4 Å². The number of rotatable bonds is 14. The number of piperidine rings is 1. The predicted molar refractivity (Wildman–Crippen MR) is 272 cm³/mol. The molecule has 0 radical (unpaired) electrons. The number of hydrogen-bond donors (Lipinski definition) is 5. The van der Waals surface area contributed by atoms with Crippen molar-refractivity contribution in [1.29, 1.82) is 0 Å². The van der Waals surface area contributed by atoms with E-state index in [0.29, 0.717) is 66.2 Å². The highest BCUT2D eigenvalue weighted by atomic mass is 79.9. The monoisotopic (exact) mass is 1110 g/mol. The molecule has 1 saturated heterocycles. The Morgan fingerprint density at radius 3 is 1.68 bits per heavy atom. The second-order valence-corrected chi connectivity index (χ2v) is 23.8. The summed E-state index contributed by atoms with van der Waals surface area (Å²) in [7, 11) is -7.63. The Kier molecular flexibility index (Phi) is 18.7. The van der Waals surface area contributed by atoms with Crippen LogP contribution in [0.2, 0.25) is 5.28 Å². The van der Waals surface area contributed by atoms with E-state index in [1.165, 1.54) is 30.5 Å². The summed E-state index contributed by atoms with van der Waals surface area (Å²) < 4.78 is 75.3. The van der Waals surface area contributed by atoms with Gasteiger partial charge in [0.2, 0.25) is 11.2 Å². The van der Waals surface area contributed by atoms with Gasteiger partial charge in [-0.1, -0.05) is 60.7 Å². The van der Waals surface area contributed by atoms with Crippen LogP contribution in [0, 0.1) is 0 Å². The molecule has 22 heteroatoms. The van der Waals surface area contributed by atoms with Gasteiger partial charge in [-0.3, -0.25) is 0 Å². The lowest BCUT2D eigenvalue weighted by atomic mass is 9.90. The lowest BCUT2D eigenvalue weighted by molar-refractivity contribution is 0.413. The van der Waals surface area contributed by atoms with Gasteiger partial charge in [0, 0.05) is 48.2 Å². The van der Waals surface area contributed by atoms with Gasteiger partial charge in [-0.15, -0.1) is 0 Å². The number of nitrogen functional groups attached to an aromatic ring is 1. The number of nitrogens with zero attached hydrogens (tertiary/aromatic N) is 4. The maximum Gasteiger partial charge on any atom is 0.229 e. The third kappa shape index (κ3) is 17.1. The summed E-state index contributed by atoms with van der Waals surface area (Å²) >= 11 is 12.5. The lowest BCUT2D eigenvalue weighted by Crippen LogP contribution is -2.26. The second kappa shape index (κ2) is 23.7. The minimum absolute atomic E-state index is 0.0136. The van der Waals surface area contributed by atoms with Gasteiger partial charge in [0.15, 0.2) is 29.5 Å². The van der Waals surface area contributed by atoms with Crippen LogP contribution in [0.4, 0.5) is 40.3 Å². The molecule has 1 fully saturated rings. The molecule has 16 nitrogen and oxygen atoms in total. The first-order chi connectivity index (χ1) is 31.2. The van der Waals surface area contributed by atoms with Gasteiger partial charge in [-0.2, -0.15) is 9.97 Å². The molecule has 352 valence electrons. The van der Waals surface area contributed by atoms with Crippen molar-refractivity contribution in [2.75, 3.05) is 60.7 Å². The Balaban J connectivity index is 0.000000214. The highest BCUT2D eigenvalue weighted by Gasteiger charge is 2.18. The van der Waals surface area contributed by atoms with Gasteiger partial charge in [-0.25, -0.2) is 35.2 Å². The normalized spacial score (nSPS) is 13.0. The van der Waals surface area contributed by atoms with E-state index >= 15 is 0 Å². The van der Waals surface area contributed by atoms with E-state index in [2.05, 4.69) is 85.2 Å². The number of para-hydroxylation sites is 3. The maximum absolute atomic E-state index is 11.8. The summed E-state index contributed by atoms with van der Waals surface area (Å²) in [5.74, 6) is 2.54. The number of sulfone groups is 3. The first kappa shape index (κ1) is 52.1. The molecule has 6 aromatic rings. The van der Waals surface area contributed by atoms with Crippen molar-refractivity contribution in [3.8, 4) is 5.75 Å². The Morgan fingerprint density at radius 2 is 1.15 bits per heavy atom. The van der Waals surface area contributed by atoms with Gasteiger partial charge in [-0.05, 0) is 128 Å². The van der Waals surface area contributed by atoms with Crippen molar-refractivity contribution in [1.82, 2.24) is 25.3 Å². The summed E-state index contributed by atoms with van der Waals surface area (Å²) in [6, 6.07) is 27.6. The van der Waals surface area contributed by atoms with Crippen molar-refractivity contribution in [2.45, 2.75) is 36.0 Å². The van der Waals surface area contributed by atoms with E-state index in [1.807, 2.05) is 30.3 Å². The SMILES string of the molecule is COc1cc(C2CCNCC2)ccc1Nc1ncc(Br)c(Nc2ccccc2CS(C)(=O)=O)n1.CS(=O)(=O)Cc1ccccc1N.CS(=O)(=O)Cc1ccccc1Nc1nc(Cl)ncc1Br. The number of nitrogens with one attached hydrogen (secondary N) is 4. The van der Waals surface area contributed by atoms with Crippen molar-refractivity contribution in [3.05, 3.63) is 140 Å². The van der Waals surface area contributed by atoms with Crippen molar-refractivity contribution in [3.63, 3.8) is 0 Å². The Bertz CT molecular complexity index is 2970. The average Bonchev–Trinajstić information content (AvgIpc) is 3.25. The van der Waals surface area contributed by atoms with Crippen molar-refractivity contribution in [2.24, 2.45) is 0 Å². The lowest BCUT2D eigenvalue weighted by Gasteiger charge is -2.24. The number of halogens is 3. The number of anilines is 7. The molecular formula is C44H50Br2ClN9O7S3. The molecule has 4 aromatic carbocycles. The average molecular weight is 1110 g/mol. The first-order valence-electron chi connectivity index (χ1n) is 20.1. The molecule has 7 rings (SSSR count). The van der Waals surface area contributed by atoms with Gasteiger partial charge >= 0.3 is 0 Å². The number of hydrogen-bond acceptors (Lipinski definition) is 16. The summed E-state index contributed by atoms with van der Waals surface area (Å²) in [5.41, 5.74) is 11.5. The Hall–Kier alpha value is -4.90. The third-order valence-electron chi connectivity index (χ3n) is 9.59. The molecule has 6 N–H and O–H groups in total. The highest BCUT2D eigenvalue weighted by Crippen LogP contribution is 2.35. The molecule has 0 amide bonds. The van der Waals surface area contributed by atoms with Crippen LogP contribution in [-0.2, 0) is 46.8 Å². The molecule has 1 aliphatic rings. The van der Waals surface area contributed by atoms with Gasteiger partial charge < -0.3 is 31.7 Å². The van der Waals surface area contributed by atoms with Crippen LogP contribution in [0.3, 0.4) is 0 Å². The predicted octanol–water partition coefficient (Wildman–Crippen LogP) is 8.74. The molecule has 0 spiro atoms. The van der Waals surface area contributed by atoms with Crippen LogP contribution in [0.1, 0.15) is 41.0 Å². The first-order valence-corrected chi connectivity index (χ1v) is 28.2. The van der Waals surface area contributed by atoms with Crippen LogP contribution < -0.4 is 31.7 Å². The smallest absolute Gasteiger partial charge is 0.229 e.